The van der Waals surface area contributed by atoms with E-state index >= 15 is 0 Å². The largest absolute Gasteiger partial charge is 0.871 e. The molecular weight excluding hydrogens is 296 g/mol. The molecule has 0 radical (unpaired) electrons. The van der Waals surface area contributed by atoms with Gasteiger partial charge in [0.25, 0.3) is 0 Å². The average molecular weight is 310 g/mol. The van der Waals surface area contributed by atoms with Crippen LogP contribution in [0.3, 0.4) is 0 Å². The molecule has 112 valence electrons. The van der Waals surface area contributed by atoms with Gasteiger partial charge in [-0.2, -0.15) is 0 Å². The van der Waals surface area contributed by atoms with Crippen LogP contribution in [-0.4, -0.2) is 27.1 Å². The van der Waals surface area contributed by atoms with Gasteiger partial charge in [0, 0.05) is 12.6 Å². The molecule has 0 saturated carbocycles. The molecule has 0 bridgehead atoms. The van der Waals surface area contributed by atoms with E-state index in [1.807, 2.05) is 0 Å². The fourth-order valence-electron chi connectivity index (χ4n) is 1.65. The summed E-state index contributed by atoms with van der Waals surface area (Å²) in [5.41, 5.74) is -0.365. The van der Waals surface area contributed by atoms with E-state index < -0.39 is 21.7 Å². The second-order valence-corrected chi connectivity index (χ2v) is 6.11. The molecule has 0 fully saturated rings. The number of hydrogen-bond donors (Lipinski definition) is 1. The summed E-state index contributed by atoms with van der Waals surface area (Å²) in [4.78, 5) is 13.9. The Bertz CT molecular complexity index is 722. The molecule has 1 aromatic carbocycles. The van der Waals surface area contributed by atoms with Gasteiger partial charge in [0.15, 0.2) is 4.98 Å². The normalized spacial score (nSPS) is 10.5. The summed E-state index contributed by atoms with van der Waals surface area (Å²) in [6.07, 6.45) is 2.28. The number of benzene rings is 1. The third-order valence-electron chi connectivity index (χ3n) is 2.46. The van der Waals surface area contributed by atoms with Gasteiger partial charge < -0.3 is 10.4 Å². The molecule has 0 heterocycles. The Hall–Kier alpha value is -2.60. The van der Waals surface area contributed by atoms with E-state index in [4.69, 9.17) is 5.39 Å². The van der Waals surface area contributed by atoms with Gasteiger partial charge in [-0.1, -0.05) is 11.8 Å². The van der Waals surface area contributed by atoms with Gasteiger partial charge in [-0.15, -0.1) is 6.58 Å². The molecule has 1 amide bonds. The molecule has 0 aliphatic carbocycles. The van der Waals surface area contributed by atoms with Crippen LogP contribution >= 0.6 is 0 Å². The summed E-state index contributed by atoms with van der Waals surface area (Å²) in [6, 6.07) is 2.07. The Kier molecular flexibility index (Phi) is 4.88. The predicted octanol–water partition coefficient (Wildman–Crippen LogP) is 1.16. The number of diazo groups is 1. The highest BCUT2D eigenvalue weighted by Gasteiger charge is 2.26. The molecular formula is C12H14N4O4S. The summed E-state index contributed by atoms with van der Waals surface area (Å²) in [5, 5.41) is 23.2. The molecule has 0 unspecified atom stereocenters. The standard InChI is InChI=1S/C12H14N4O4S/c1-4-5-16(21(3,19)20)11-7-12(18)10(14-8(2)17)6-9(11)15-13/h4,6-7,13H,1,5H2,2-3H3. The van der Waals surface area contributed by atoms with Gasteiger partial charge in [0.05, 0.1) is 18.9 Å². The summed E-state index contributed by atoms with van der Waals surface area (Å²) in [6.45, 7) is 4.55. The maximum atomic E-state index is 11.9. The van der Waals surface area contributed by atoms with E-state index in [1.54, 1.807) is 0 Å². The number of amides is 1. The molecule has 0 aliphatic rings. The number of rotatable bonds is 5. The fraction of sp³-hybridized carbons (Fsp3) is 0.250. The van der Waals surface area contributed by atoms with Crippen molar-refractivity contribution in [1.82, 2.24) is 0 Å². The number of nitrogens with zero attached hydrogens (tertiary/aromatic N) is 3. The first-order valence-electron chi connectivity index (χ1n) is 5.77. The summed E-state index contributed by atoms with van der Waals surface area (Å²) < 4.78 is 24.4. The number of hydrogen-bond acceptors (Lipinski definition) is 5. The maximum absolute atomic E-state index is 11.9. The lowest BCUT2D eigenvalue weighted by atomic mass is 10.2. The Morgan fingerprint density at radius 3 is 2.62 bits per heavy atom. The maximum Gasteiger partial charge on any atom is 0.411 e. The first-order valence-corrected chi connectivity index (χ1v) is 7.62. The summed E-state index contributed by atoms with van der Waals surface area (Å²) in [7, 11) is -3.70. The lowest BCUT2D eigenvalue weighted by Crippen LogP contribution is -2.30. The number of anilines is 2. The highest BCUT2D eigenvalue weighted by molar-refractivity contribution is 7.92. The van der Waals surface area contributed by atoms with Crippen LogP contribution in [0.15, 0.2) is 24.8 Å². The van der Waals surface area contributed by atoms with Crippen molar-refractivity contribution >= 4 is 33.0 Å². The van der Waals surface area contributed by atoms with Crippen LogP contribution in [0.5, 0.6) is 5.75 Å². The molecule has 0 saturated heterocycles. The van der Waals surface area contributed by atoms with E-state index in [-0.39, 0.29) is 23.6 Å². The summed E-state index contributed by atoms with van der Waals surface area (Å²) in [5.74, 6) is -1.08. The van der Waals surface area contributed by atoms with Gasteiger partial charge in [0.2, 0.25) is 21.3 Å². The van der Waals surface area contributed by atoms with E-state index in [0.717, 1.165) is 22.7 Å². The second-order valence-electron chi connectivity index (χ2n) is 4.20. The van der Waals surface area contributed by atoms with E-state index in [2.05, 4.69) is 16.9 Å². The zero-order valence-electron chi connectivity index (χ0n) is 11.5. The van der Waals surface area contributed by atoms with Crippen LogP contribution in [0.2, 0.25) is 0 Å². The van der Waals surface area contributed by atoms with Gasteiger partial charge in [-0.25, -0.2) is 8.42 Å². The van der Waals surface area contributed by atoms with Crippen molar-refractivity contribution in [2.75, 3.05) is 22.4 Å². The highest BCUT2D eigenvalue weighted by Crippen LogP contribution is 2.37. The fourth-order valence-corrected chi connectivity index (χ4v) is 2.53. The smallest absolute Gasteiger partial charge is 0.411 e. The average Bonchev–Trinajstić information content (AvgIpc) is 2.36. The zero-order chi connectivity index (χ0) is 16.2. The number of carbonyl (C=O) groups excluding carboxylic acids is 1. The van der Waals surface area contributed by atoms with Gasteiger partial charge >= 0.3 is 5.69 Å². The molecule has 1 aromatic rings. The topological polar surface area (TPSA) is 118 Å². The molecule has 9 heteroatoms. The van der Waals surface area contributed by atoms with Crippen LogP contribution in [0.4, 0.5) is 17.1 Å². The van der Waals surface area contributed by atoms with Crippen molar-refractivity contribution in [3.63, 3.8) is 0 Å². The summed E-state index contributed by atoms with van der Waals surface area (Å²) >= 11 is 0. The monoisotopic (exact) mass is 310 g/mol. The van der Waals surface area contributed by atoms with Crippen LogP contribution in [0.1, 0.15) is 6.92 Å². The Labute approximate surface area is 122 Å². The minimum Gasteiger partial charge on any atom is -0.871 e. The van der Waals surface area contributed by atoms with Crippen molar-refractivity contribution in [1.29, 1.82) is 5.39 Å². The molecule has 21 heavy (non-hydrogen) atoms. The quantitative estimate of drug-likeness (QED) is 0.646. The van der Waals surface area contributed by atoms with Gasteiger partial charge in [0.1, 0.15) is 5.69 Å². The number of sulfonamides is 1. The van der Waals surface area contributed by atoms with E-state index in [0.29, 0.717) is 0 Å². The molecule has 1 N–H and O–H groups in total. The Balaban J connectivity index is 3.49. The number of nitrogens with one attached hydrogen (secondary N) is 1. The van der Waals surface area contributed by atoms with Crippen LogP contribution in [-0.2, 0) is 14.8 Å². The predicted molar refractivity (Wildman–Crippen MR) is 77.3 cm³/mol. The van der Waals surface area contributed by atoms with Crippen LogP contribution in [0, 0.1) is 5.39 Å². The number of carbonyl (C=O) groups is 1. The van der Waals surface area contributed by atoms with Crippen LogP contribution < -0.4 is 14.7 Å². The van der Waals surface area contributed by atoms with Crippen molar-refractivity contribution in [2.45, 2.75) is 6.92 Å². The van der Waals surface area contributed by atoms with Crippen LogP contribution in [0.25, 0.3) is 4.98 Å². The first-order chi connectivity index (χ1) is 9.70. The minimum absolute atomic E-state index is 0.0969. The van der Waals surface area contributed by atoms with Crippen molar-refractivity contribution in [3.8, 4) is 5.75 Å². The third kappa shape index (κ3) is 3.93. The zero-order valence-corrected chi connectivity index (χ0v) is 12.3. The molecule has 0 aromatic heterocycles. The molecule has 0 spiro atoms. The Morgan fingerprint density at radius 1 is 1.57 bits per heavy atom. The highest BCUT2D eigenvalue weighted by atomic mass is 32.2. The second kappa shape index (κ2) is 6.23. The van der Waals surface area contributed by atoms with E-state index in [9.17, 15) is 18.3 Å². The molecule has 0 atom stereocenters. The Morgan fingerprint density at radius 2 is 2.19 bits per heavy atom. The molecule has 8 nitrogen and oxygen atoms in total. The van der Waals surface area contributed by atoms with E-state index in [1.165, 1.54) is 13.0 Å². The third-order valence-corrected chi connectivity index (χ3v) is 3.61. The van der Waals surface area contributed by atoms with Crippen molar-refractivity contribution < 1.29 is 18.3 Å². The van der Waals surface area contributed by atoms with Crippen molar-refractivity contribution in [2.24, 2.45) is 0 Å². The molecule has 1 rings (SSSR count). The lowest BCUT2D eigenvalue weighted by Gasteiger charge is -2.21. The van der Waals surface area contributed by atoms with Gasteiger partial charge in [-0.3, -0.25) is 9.10 Å². The molecule has 0 aliphatic heterocycles. The first kappa shape index (κ1) is 16.5. The van der Waals surface area contributed by atoms with Crippen molar-refractivity contribution in [3.05, 3.63) is 29.8 Å². The SMILES string of the molecule is C=CCN(c1cc([O-])c(NC(C)=O)cc1[N+]#N)S(C)(=O)=O. The van der Waals surface area contributed by atoms with Gasteiger partial charge in [-0.05, 0) is 6.07 Å². The minimum atomic E-state index is -3.70. The lowest BCUT2D eigenvalue weighted by molar-refractivity contribution is -0.267.